The smallest absolute Gasteiger partial charge is 0.452 e. The molecule has 2 fully saturated rings. The van der Waals surface area contributed by atoms with Crippen LogP contribution in [0.4, 0.5) is 0 Å². The second kappa shape index (κ2) is 5.81. The molecule has 0 unspecified atom stereocenters. The lowest BCUT2D eigenvalue weighted by molar-refractivity contribution is -0.141. The number of hydrogen-bond donors (Lipinski definition) is 0. The molecule has 2 rings (SSSR count). The molecule has 102 valence electrons. The molecule has 0 aromatic carbocycles. The summed E-state index contributed by atoms with van der Waals surface area (Å²) in [6, 6.07) is 0. The first kappa shape index (κ1) is 13.5. The minimum absolute atomic E-state index is 0.0975. The lowest BCUT2D eigenvalue weighted by Gasteiger charge is -2.43. The van der Waals surface area contributed by atoms with Crippen LogP contribution < -0.4 is 0 Å². The van der Waals surface area contributed by atoms with E-state index in [9.17, 15) is 9.59 Å². The molecule has 2 heterocycles. The third-order valence-corrected chi connectivity index (χ3v) is 6.14. The van der Waals surface area contributed by atoms with Gasteiger partial charge in [0.05, 0.1) is 26.4 Å². The summed E-state index contributed by atoms with van der Waals surface area (Å²) < 4.78 is 21.0. The summed E-state index contributed by atoms with van der Waals surface area (Å²) in [5, 5.41) is 0. The van der Waals surface area contributed by atoms with E-state index in [2.05, 4.69) is 0 Å². The third kappa shape index (κ3) is 3.09. The molecular weight excluding hydrogens is 256 g/mol. The van der Waals surface area contributed by atoms with E-state index in [-0.39, 0.29) is 5.54 Å². The average Bonchev–Trinajstić information content (AvgIpc) is 2.08. The molecule has 2 saturated heterocycles. The van der Waals surface area contributed by atoms with Crippen molar-refractivity contribution in [2.75, 3.05) is 26.4 Å². The highest BCUT2D eigenvalue weighted by molar-refractivity contribution is 6.50. The number of carbonyl (C=O) groups excluding carboxylic acids is 2. The predicted molar refractivity (Wildman–Crippen MR) is 63.0 cm³/mol. The zero-order chi connectivity index (χ0) is 13.1. The van der Waals surface area contributed by atoms with Crippen LogP contribution in [0.15, 0.2) is 0 Å². The van der Waals surface area contributed by atoms with Crippen LogP contribution >= 0.6 is 0 Å². The van der Waals surface area contributed by atoms with Crippen LogP contribution in [0.3, 0.4) is 0 Å². The average molecular weight is 274 g/mol. The maximum absolute atomic E-state index is 11.2. The Morgan fingerprint density at radius 2 is 1.39 bits per heavy atom. The van der Waals surface area contributed by atoms with Gasteiger partial charge in [0.15, 0.2) is 0 Å². The van der Waals surface area contributed by atoms with Crippen LogP contribution in [-0.4, -0.2) is 47.6 Å². The first-order valence-corrected chi connectivity index (χ1v) is 7.69. The monoisotopic (exact) mass is 274 g/mol. The molecule has 0 saturated carbocycles. The summed E-state index contributed by atoms with van der Waals surface area (Å²) >= 11 is 0. The fourth-order valence-corrected chi connectivity index (χ4v) is 4.64. The van der Waals surface area contributed by atoms with Crippen LogP contribution in [-0.2, 0) is 27.9 Å². The molecule has 0 N–H and O–H groups in total. The van der Waals surface area contributed by atoms with Crippen LogP contribution in [0.2, 0.25) is 5.54 Å². The fraction of sp³-hybridized carbons (Fsp3) is 0.818. The van der Waals surface area contributed by atoms with Gasteiger partial charge < -0.3 is 18.3 Å². The molecule has 2 aliphatic rings. The van der Waals surface area contributed by atoms with Gasteiger partial charge in [-0.3, -0.25) is 9.59 Å². The number of rotatable bonds is 5. The Balaban J connectivity index is 2.06. The van der Waals surface area contributed by atoms with Crippen LogP contribution in [0.1, 0.15) is 13.8 Å². The molecule has 6 nitrogen and oxygen atoms in total. The Morgan fingerprint density at radius 3 is 1.61 bits per heavy atom. The molecule has 0 bridgehead atoms. The molecule has 0 aliphatic carbocycles. The molecule has 0 atom stereocenters. The van der Waals surface area contributed by atoms with E-state index in [4.69, 9.17) is 18.3 Å². The Kier molecular flexibility index (Phi) is 4.36. The van der Waals surface area contributed by atoms with E-state index in [1.54, 1.807) is 0 Å². The van der Waals surface area contributed by atoms with Gasteiger partial charge in [-0.2, -0.15) is 0 Å². The van der Waals surface area contributed by atoms with Crippen molar-refractivity contribution in [1.29, 1.82) is 0 Å². The lowest BCUT2D eigenvalue weighted by Crippen LogP contribution is -2.50. The molecule has 0 aromatic heterocycles. The Bertz CT molecular complexity index is 295. The van der Waals surface area contributed by atoms with E-state index in [0.29, 0.717) is 38.3 Å². The number of carbonyl (C=O) groups is 2. The normalized spacial score (nSPS) is 20.4. The van der Waals surface area contributed by atoms with E-state index < -0.39 is 21.2 Å². The van der Waals surface area contributed by atoms with Gasteiger partial charge in [0.2, 0.25) is 0 Å². The molecular formula is C11H18O6Si. The first-order chi connectivity index (χ1) is 8.58. The van der Waals surface area contributed by atoms with Crippen molar-refractivity contribution in [1.82, 2.24) is 0 Å². The molecule has 0 spiro atoms. The maximum Gasteiger partial charge on any atom is 0.452 e. The van der Waals surface area contributed by atoms with Gasteiger partial charge in [-0.25, -0.2) is 0 Å². The summed E-state index contributed by atoms with van der Waals surface area (Å²) in [6.07, 6.45) is 0. The zero-order valence-electron chi connectivity index (χ0n) is 10.6. The summed E-state index contributed by atoms with van der Waals surface area (Å²) in [5.41, 5.74) is 0.0975. The summed E-state index contributed by atoms with van der Waals surface area (Å²) in [7, 11) is -2.37. The van der Waals surface area contributed by atoms with Gasteiger partial charge >= 0.3 is 9.28 Å². The SMILES string of the molecule is CC(=O)O[SiH](OC(C)=O)C(C1COC1)C1COC1. The minimum Gasteiger partial charge on any atom is -0.487 e. The van der Waals surface area contributed by atoms with Crippen LogP contribution in [0.25, 0.3) is 0 Å². The van der Waals surface area contributed by atoms with Gasteiger partial charge in [0.1, 0.15) is 0 Å². The Morgan fingerprint density at radius 1 is 1.00 bits per heavy atom. The van der Waals surface area contributed by atoms with Gasteiger partial charge in [-0.1, -0.05) is 0 Å². The van der Waals surface area contributed by atoms with E-state index in [1.165, 1.54) is 13.8 Å². The third-order valence-electron chi connectivity index (χ3n) is 3.29. The van der Waals surface area contributed by atoms with Crippen molar-refractivity contribution in [2.24, 2.45) is 11.8 Å². The van der Waals surface area contributed by atoms with Gasteiger partial charge in [-0.05, 0) is 0 Å². The van der Waals surface area contributed by atoms with Gasteiger partial charge in [0, 0.05) is 31.2 Å². The van der Waals surface area contributed by atoms with Crippen molar-refractivity contribution < 1.29 is 27.9 Å². The standard InChI is InChI=1S/C11H18O6Si/c1-7(12)16-18(17-8(2)13)11(9-3-14-4-9)10-5-15-6-10/h9-11,18H,3-6H2,1-2H3. The van der Waals surface area contributed by atoms with Crippen LogP contribution in [0, 0.1) is 11.8 Å². The summed E-state index contributed by atoms with van der Waals surface area (Å²) in [5.74, 6) is -0.152. The fourth-order valence-electron chi connectivity index (χ4n) is 2.29. The van der Waals surface area contributed by atoms with E-state index in [1.807, 2.05) is 0 Å². The van der Waals surface area contributed by atoms with Crippen LogP contribution in [0.5, 0.6) is 0 Å². The highest BCUT2D eigenvalue weighted by Gasteiger charge is 2.47. The van der Waals surface area contributed by atoms with Crippen molar-refractivity contribution in [3.63, 3.8) is 0 Å². The number of ether oxygens (including phenoxy) is 2. The number of hydrogen-bond acceptors (Lipinski definition) is 6. The van der Waals surface area contributed by atoms with Crippen molar-refractivity contribution in [2.45, 2.75) is 19.4 Å². The maximum atomic E-state index is 11.2. The Labute approximate surface area is 107 Å². The molecule has 0 amide bonds. The van der Waals surface area contributed by atoms with E-state index in [0.717, 1.165) is 0 Å². The molecule has 2 aliphatic heterocycles. The topological polar surface area (TPSA) is 71.1 Å². The summed E-state index contributed by atoms with van der Waals surface area (Å²) in [4.78, 5) is 22.3. The van der Waals surface area contributed by atoms with Crippen molar-refractivity contribution in [3.8, 4) is 0 Å². The Hall–Kier alpha value is -0.923. The minimum atomic E-state index is -2.37. The zero-order valence-corrected chi connectivity index (χ0v) is 11.7. The second-order valence-corrected chi connectivity index (χ2v) is 6.74. The largest absolute Gasteiger partial charge is 0.487 e. The van der Waals surface area contributed by atoms with E-state index >= 15 is 0 Å². The van der Waals surface area contributed by atoms with Gasteiger partial charge in [0.25, 0.3) is 11.9 Å². The lowest BCUT2D eigenvalue weighted by atomic mass is 9.91. The highest BCUT2D eigenvalue weighted by Crippen LogP contribution is 2.39. The second-order valence-electron chi connectivity index (χ2n) is 4.76. The highest BCUT2D eigenvalue weighted by atomic mass is 28.3. The molecule has 18 heavy (non-hydrogen) atoms. The predicted octanol–water partition coefficient (Wildman–Crippen LogP) is -0.00390. The molecule has 0 radical (unpaired) electrons. The van der Waals surface area contributed by atoms with Gasteiger partial charge in [-0.15, -0.1) is 0 Å². The first-order valence-electron chi connectivity index (χ1n) is 6.08. The quantitative estimate of drug-likeness (QED) is 0.657. The van der Waals surface area contributed by atoms with Crippen molar-refractivity contribution in [3.05, 3.63) is 0 Å². The molecule has 0 aromatic rings. The van der Waals surface area contributed by atoms with Crippen molar-refractivity contribution >= 4 is 21.2 Å². The molecule has 7 heteroatoms. The summed E-state index contributed by atoms with van der Waals surface area (Å²) in [6.45, 7) is 5.27.